The quantitative estimate of drug-likeness (QED) is 0.392. The molecule has 1 aromatic carbocycles. The van der Waals surface area contributed by atoms with Gasteiger partial charge < -0.3 is 9.64 Å². The lowest BCUT2D eigenvalue weighted by molar-refractivity contribution is -0.138. The van der Waals surface area contributed by atoms with E-state index in [2.05, 4.69) is 63.9 Å². The van der Waals surface area contributed by atoms with E-state index in [1.165, 1.54) is 0 Å². The molecule has 5 nitrogen and oxygen atoms in total. The molecule has 2 saturated carbocycles. The number of ether oxygens (including phenoxy) is 1. The van der Waals surface area contributed by atoms with E-state index < -0.39 is 0 Å². The van der Waals surface area contributed by atoms with Crippen LogP contribution in [0.2, 0.25) is 0 Å². The molecule has 0 aromatic heterocycles. The number of hydrogen-bond acceptors (Lipinski definition) is 4. The summed E-state index contributed by atoms with van der Waals surface area (Å²) in [6, 6.07) is 7.79. The number of rotatable bonds is 7. The minimum absolute atomic E-state index is 0.00988. The van der Waals surface area contributed by atoms with E-state index in [1.54, 1.807) is 0 Å². The first kappa shape index (κ1) is 28.1. The first-order chi connectivity index (χ1) is 17.2. The zero-order valence-electron chi connectivity index (χ0n) is 24.5. The predicted molar refractivity (Wildman–Crippen MR) is 149 cm³/mol. The number of amides is 1. The zero-order chi connectivity index (χ0) is 27.2. The maximum Gasteiger partial charge on any atom is 0.338 e. The normalized spacial score (nSPS) is 27.7. The molecule has 37 heavy (non-hydrogen) atoms. The average molecular weight is 511 g/mol. The summed E-state index contributed by atoms with van der Waals surface area (Å²) in [4.78, 5) is 28.9. The van der Waals surface area contributed by atoms with Crippen molar-refractivity contribution in [3.05, 3.63) is 35.4 Å². The van der Waals surface area contributed by atoms with E-state index in [1.807, 2.05) is 26.0 Å². The number of carbonyl (C=O) groups is 2. The summed E-state index contributed by atoms with van der Waals surface area (Å²) in [7, 11) is 0. The van der Waals surface area contributed by atoms with Crippen LogP contribution < -0.4 is 5.32 Å². The first-order valence-corrected chi connectivity index (χ1v) is 14.6. The van der Waals surface area contributed by atoms with Gasteiger partial charge in [-0.25, -0.2) is 4.79 Å². The Labute approximate surface area is 225 Å². The van der Waals surface area contributed by atoms with Gasteiger partial charge in [-0.1, -0.05) is 53.7 Å². The van der Waals surface area contributed by atoms with Crippen molar-refractivity contribution in [2.45, 2.75) is 131 Å². The third-order valence-corrected chi connectivity index (χ3v) is 8.87. The lowest BCUT2D eigenvalue weighted by Crippen LogP contribution is -2.56. The molecule has 0 bridgehead atoms. The van der Waals surface area contributed by atoms with Crippen molar-refractivity contribution in [2.75, 3.05) is 0 Å². The van der Waals surface area contributed by atoms with E-state index in [9.17, 15) is 9.59 Å². The summed E-state index contributed by atoms with van der Waals surface area (Å²) in [5, 5.41) is 3.94. The highest BCUT2D eigenvalue weighted by Crippen LogP contribution is 2.50. The van der Waals surface area contributed by atoms with E-state index in [0.29, 0.717) is 23.3 Å². The van der Waals surface area contributed by atoms with Crippen molar-refractivity contribution in [3.8, 4) is 0 Å². The fourth-order valence-corrected chi connectivity index (χ4v) is 6.47. The van der Waals surface area contributed by atoms with Gasteiger partial charge in [0.1, 0.15) is 0 Å². The minimum Gasteiger partial charge on any atom is -0.459 e. The standard InChI is InChI=1S/C32H50N2O3/c1-21(2)37-29(36)24-13-9-22(10-14-24)26(17-18-30(3,4)5)34-28(35)27(23-11-12-23)33-32(34)19-15-25(16-20-32)31(6,7)8/h9-10,13-14,21,23,25-27,33H,11-12,15-20H2,1-8H3/t25?,26-,27+,32?/m1/s1. The van der Waals surface area contributed by atoms with Gasteiger partial charge in [0.05, 0.1) is 29.4 Å². The summed E-state index contributed by atoms with van der Waals surface area (Å²) >= 11 is 0. The lowest BCUT2D eigenvalue weighted by Gasteiger charge is -2.49. The molecule has 4 rings (SSSR count). The molecular formula is C32H50N2O3. The number of nitrogens with one attached hydrogen (secondary N) is 1. The number of hydrogen-bond donors (Lipinski definition) is 1. The molecule has 2 atom stereocenters. The third-order valence-electron chi connectivity index (χ3n) is 8.87. The Morgan fingerprint density at radius 1 is 1.03 bits per heavy atom. The van der Waals surface area contributed by atoms with Gasteiger partial charge >= 0.3 is 5.97 Å². The molecule has 0 radical (unpaired) electrons. The Bertz CT molecular complexity index is 957. The Hall–Kier alpha value is -1.88. The van der Waals surface area contributed by atoms with E-state index in [-0.39, 0.29) is 40.6 Å². The van der Waals surface area contributed by atoms with Crippen LogP contribution in [-0.2, 0) is 9.53 Å². The van der Waals surface area contributed by atoms with Gasteiger partial charge in [0.25, 0.3) is 0 Å². The Morgan fingerprint density at radius 2 is 1.62 bits per heavy atom. The zero-order valence-corrected chi connectivity index (χ0v) is 24.5. The summed E-state index contributed by atoms with van der Waals surface area (Å²) < 4.78 is 5.41. The minimum atomic E-state index is -0.294. The average Bonchev–Trinajstić information content (AvgIpc) is 3.60. The molecule has 0 unspecified atom stereocenters. The fraction of sp³-hybridized carbons (Fsp3) is 0.750. The molecule has 1 saturated heterocycles. The van der Waals surface area contributed by atoms with Crippen LogP contribution in [0.5, 0.6) is 0 Å². The maximum atomic E-state index is 14.2. The van der Waals surface area contributed by atoms with Crippen LogP contribution in [-0.4, -0.2) is 34.6 Å². The summed E-state index contributed by atoms with van der Waals surface area (Å²) in [6.45, 7) is 17.6. The number of nitrogens with zero attached hydrogens (tertiary/aromatic N) is 1. The highest BCUT2D eigenvalue weighted by molar-refractivity contribution is 5.89. The van der Waals surface area contributed by atoms with Crippen LogP contribution in [0.15, 0.2) is 24.3 Å². The van der Waals surface area contributed by atoms with Crippen molar-refractivity contribution in [1.29, 1.82) is 0 Å². The summed E-state index contributed by atoms with van der Waals surface area (Å²) in [5.41, 5.74) is 1.87. The smallest absolute Gasteiger partial charge is 0.338 e. The van der Waals surface area contributed by atoms with Gasteiger partial charge in [0.2, 0.25) is 5.91 Å². The Morgan fingerprint density at radius 3 is 2.11 bits per heavy atom. The van der Waals surface area contributed by atoms with Crippen LogP contribution in [0.1, 0.15) is 129 Å². The number of benzene rings is 1. The molecular weight excluding hydrogens is 460 g/mol. The van der Waals surface area contributed by atoms with Crippen LogP contribution in [0.3, 0.4) is 0 Å². The lowest BCUT2D eigenvalue weighted by atomic mass is 9.69. The van der Waals surface area contributed by atoms with Crippen molar-refractivity contribution in [3.63, 3.8) is 0 Å². The summed E-state index contributed by atoms with van der Waals surface area (Å²) in [6.07, 6.45) is 8.38. The molecule has 2 aliphatic carbocycles. The second-order valence-electron chi connectivity index (χ2n) is 14.5. The Balaban J connectivity index is 1.67. The summed E-state index contributed by atoms with van der Waals surface area (Å²) in [5.74, 6) is 1.15. The van der Waals surface area contributed by atoms with Crippen LogP contribution >= 0.6 is 0 Å². The van der Waals surface area contributed by atoms with E-state index in [0.717, 1.165) is 56.9 Å². The van der Waals surface area contributed by atoms with Crippen molar-refractivity contribution >= 4 is 11.9 Å². The molecule has 1 aromatic rings. The first-order valence-electron chi connectivity index (χ1n) is 14.6. The van der Waals surface area contributed by atoms with Crippen LogP contribution in [0.25, 0.3) is 0 Å². The SMILES string of the molecule is CC(C)OC(=O)c1ccc([C@@H](CCC(C)(C)C)N2C(=O)[C@H](C3CC3)NC23CCC(C(C)(C)C)CC3)cc1. The molecule has 1 aliphatic heterocycles. The van der Waals surface area contributed by atoms with Gasteiger partial charge in [-0.2, -0.15) is 0 Å². The van der Waals surface area contributed by atoms with Gasteiger partial charge in [-0.05, 0) is 106 Å². The molecule has 1 heterocycles. The van der Waals surface area contributed by atoms with E-state index >= 15 is 0 Å². The fourth-order valence-electron chi connectivity index (χ4n) is 6.47. The molecule has 3 aliphatic rings. The van der Waals surface area contributed by atoms with Crippen molar-refractivity contribution < 1.29 is 14.3 Å². The molecule has 3 fully saturated rings. The number of carbonyl (C=O) groups excluding carboxylic acids is 2. The van der Waals surface area contributed by atoms with Gasteiger partial charge in [0.15, 0.2) is 0 Å². The monoisotopic (exact) mass is 510 g/mol. The topological polar surface area (TPSA) is 58.6 Å². The molecule has 1 N–H and O–H groups in total. The largest absolute Gasteiger partial charge is 0.459 e. The molecule has 1 spiro atoms. The third kappa shape index (κ3) is 6.41. The second kappa shape index (κ2) is 10.4. The Kier molecular flexibility index (Phi) is 7.87. The predicted octanol–water partition coefficient (Wildman–Crippen LogP) is 7.26. The van der Waals surface area contributed by atoms with Crippen LogP contribution in [0, 0.1) is 22.7 Å². The molecule has 5 heteroatoms. The van der Waals surface area contributed by atoms with Gasteiger partial charge in [0, 0.05) is 0 Å². The van der Waals surface area contributed by atoms with Crippen molar-refractivity contribution in [2.24, 2.45) is 22.7 Å². The van der Waals surface area contributed by atoms with Gasteiger partial charge in [-0.15, -0.1) is 0 Å². The maximum absolute atomic E-state index is 14.2. The highest BCUT2D eigenvalue weighted by Gasteiger charge is 2.57. The van der Waals surface area contributed by atoms with Crippen molar-refractivity contribution in [1.82, 2.24) is 10.2 Å². The van der Waals surface area contributed by atoms with Gasteiger partial charge in [-0.3, -0.25) is 10.1 Å². The van der Waals surface area contributed by atoms with E-state index in [4.69, 9.17) is 4.74 Å². The molecule has 1 amide bonds. The highest BCUT2D eigenvalue weighted by atomic mass is 16.5. The molecule has 206 valence electrons. The van der Waals surface area contributed by atoms with Crippen LogP contribution in [0.4, 0.5) is 0 Å². The number of esters is 1. The second-order valence-corrected chi connectivity index (χ2v) is 14.5.